The highest BCUT2D eigenvalue weighted by atomic mass is 32.1. The molecule has 1 atom stereocenters. The summed E-state index contributed by atoms with van der Waals surface area (Å²) in [6, 6.07) is 11.9. The number of amides is 1. The lowest BCUT2D eigenvalue weighted by molar-refractivity contribution is 0.0679. The number of rotatable bonds is 1. The fraction of sp³-hybridized carbons (Fsp3) is 0.267. The lowest BCUT2D eigenvalue weighted by Crippen LogP contribution is -2.38. The van der Waals surface area contributed by atoms with Crippen LogP contribution in [-0.2, 0) is 6.42 Å². The van der Waals surface area contributed by atoms with Gasteiger partial charge in [-0.2, -0.15) is 0 Å². The van der Waals surface area contributed by atoms with E-state index in [2.05, 4.69) is 18.4 Å². The molecule has 92 valence electrons. The summed E-state index contributed by atoms with van der Waals surface area (Å²) in [6.45, 7) is 2.94. The Kier molecular flexibility index (Phi) is 2.92. The van der Waals surface area contributed by atoms with E-state index < -0.39 is 0 Å². The Labute approximate surface area is 111 Å². The fourth-order valence-electron chi connectivity index (χ4n) is 2.53. The summed E-state index contributed by atoms with van der Waals surface area (Å²) < 4.78 is 0. The molecule has 1 aromatic carbocycles. The van der Waals surface area contributed by atoms with Crippen LogP contribution in [0.3, 0.4) is 0 Å². The molecule has 18 heavy (non-hydrogen) atoms. The van der Waals surface area contributed by atoms with Crippen LogP contribution in [0.25, 0.3) is 0 Å². The van der Waals surface area contributed by atoms with Crippen molar-refractivity contribution in [1.29, 1.82) is 0 Å². The van der Waals surface area contributed by atoms with Gasteiger partial charge in [0.15, 0.2) is 0 Å². The van der Waals surface area contributed by atoms with E-state index in [1.54, 1.807) is 11.3 Å². The van der Waals surface area contributed by atoms with Crippen molar-refractivity contribution in [3.05, 3.63) is 57.8 Å². The van der Waals surface area contributed by atoms with Crippen molar-refractivity contribution in [3.8, 4) is 0 Å². The third-order valence-corrected chi connectivity index (χ3v) is 4.56. The van der Waals surface area contributed by atoms with Crippen molar-refractivity contribution >= 4 is 17.2 Å². The van der Waals surface area contributed by atoms with Crippen LogP contribution in [0.15, 0.2) is 41.8 Å². The molecule has 2 nitrogen and oxygen atoms in total. The summed E-state index contributed by atoms with van der Waals surface area (Å²) in [5.74, 6) is 0.139. The molecule has 0 spiro atoms. The van der Waals surface area contributed by atoms with Crippen molar-refractivity contribution in [2.45, 2.75) is 19.4 Å². The SMILES string of the molecule is CC1c2ccsc2CCN1C(=O)c1ccccc1. The molecule has 0 N–H and O–H groups in total. The summed E-state index contributed by atoms with van der Waals surface area (Å²) in [5.41, 5.74) is 2.10. The summed E-state index contributed by atoms with van der Waals surface area (Å²) >= 11 is 1.80. The monoisotopic (exact) mass is 257 g/mol. The predicted octanol–water partition coefficient (Wildman–Crippen LogP) is 3.51. The number of hydrogen-bond acceptors (Lipinski definition) is 2. The highest BCUT2D eigenvalue weighted by Crippen LogP contribution is 2.33. The molecule has 0 saturated carbocycles. The van der Waals surface area contributed by atoms with E-state index in [1.165, 1.54) is 10.4 Å². The highest BCUT2D eigenvalue weighted by Gasteiger charge is 2.28. The van der Waals surface area contributed by atoms with Crippen molar-refractivity contribution in [3.63, 3.8) is 0 Å². The molecule has 0 fully saturated rings. The Balaban J connectivity index is 1.89. The first-order valence-corrected chi connectivity index (χ1v) is 7.07. The van der Waals surface area contributed by atoms with Crippen molar-refractivity contribution < 1.29 is 4.79 Å². The second kappa shape index (κ2) is 4.58. The Morgan fingerprint density at radius 1 is 1.28 bits per heavy atom. The van der Waals surface area contributed by atoms with Gasteiger partial charge in [-0.05, 0) is 42.5 Å². The molecule has 2 heterocycles. The molecular weight excluding hydrogens is 242 g/mol. The Bertz CT molecular complexity index is 561. The molecule has 1 amide bonds. The van der Waals surface area contributed by atoms with Gasteiger partial charge in [-0.1, -0.05) is 18.2 Å². The van der Waals surface area contributed by atoms with Gasteiger partial charge in [-0.3, -0.25) is 4.79 Å². The minimum atomic E-state index is 0.139. The van der Waals surface area contributed by atoms with Crippen LogP contribution in [0.1, 0.15) is 33.8 Å². The van der Waals surface area contributed by atoms with Gasteiger partial charge in [-0.15, -0.1) is 11.3 Å². The van der Waals surface area contributed by atoms with E-state index >= 15 is 0 Å². The van der Waals surface area contributed by atoms with Crippen molar-refractivity contribution in [2.24, 2.45) is 0 Å². The molecule has 3 rings (SSSR count). The zero-order valence-corrected chi connectivity index (χ0v) is 11.1. The van der Waals surface area contributed by atoms with Gasteiger partial charge >= 0.3 is 0 Å². The standard InChI is InChI=1S/C15H15NOS/c1-11-13-8-10-18-14(13)7-9-16(11)15(17)12-5-3-2-4-6-12/h2-6,8,10-11H,7,9H2,1H3. The Hall–Kier alpha value is -1.61. The van der Waals surface area contributed by atoms with Crippen molar-refractivity contribution in [2.75, 3.05) is 6.54 Å². The first-order valence-electron chi connectivity index (χ1n) is 6.19. The minimum Gasteiger partial charge on any atom is -0.331 e. The molecule has 1 aliphatic rings. The topological polar surface area (TPSA) is 20.3 Å². The molecule has 1 aliphatic heterocycles. The average Bonchev–Trinajstić information content (AvgIpc) is 2.89. The first-order chi connectivity index (χ1) is 8.77. The summed E-state index contributed by atoms with van der Waals surface area (Å²) in [6.07, 6.45) is 0.982. The second-order valence-electron chi connectivity index (χ2n) is 4.59. The zero-order valence-electron chi connectivity index (χ0n) is 10.3. The molecule has 3 heteroatoms. The van der Waals surface area contributed by atoms with Crippen LogP contribution in [0.5, 0.6) is 0 Å². The van der Waals surface area contributed by atoms with Gasteiger partial charge in [0.05, 0.1) is 6.04 Å². The highest BCUT2D eigenvalue weighted by molar-refractivity contribution is 7.10. The average molecular weight is 257 g/mol. The molecule has 0 aliphatic carbocycles. The quantitative estimate of drug-likeness (QED) is 0.765. The van der Waals surface area contributed by atoms with E-state index in [0.717, 1.165) is 18.5 Å². The van der Waals surface area contributed by atoms with E-state index in [-0.39, 0.29) is 11.9 Å². The molecule has 2 aromatic rings. The molecule has 1 unspecified atom stereocenters. The minimum absolute atomic E-state index is 0.139. The second-order valence-corrected chi connectivity index (χ2v) is 5.59. The van der Waals surface area contributed by atoms with Crippen LogP contribution >= 0.6 is 11.3 Å². The van der Waals surface area contributed by atoms with E-state index in [1.807, 2.05) is 35.2 Å². The number of carbonyl (C=O) groups is 1. The maximum Gasteiger partial charge on any atom is 0.254 e. The van der Waals surface area contributed by atoms with Crippen LogP contribution in [0, 0.1) is 0 Å². The molecular formula is C15H15NOS. The lowest BCUT2D eigenvalue weighted by Gasteiger charge is -2.33. The van der Waals surface area contributed by atoms with E-state index in [9.17, 15) is 4.79 Å². The summed E-state index contributed by atoms with van der Waals surface area (Å²) in [5, 5.41) is 2.12. The molecule has 0 saturated heterocycles. The van der Waals surface area contributed by atoms with Crippen LogP contribution < -0.4 is 0 Å². The number of thiophene rings is 1. The van der Waals surface area contributed by atoms with Crippen LogP contribution in [-0.4, -0.2) is 17.4 Å². The Morgan fingerprint density at radius 2 is 2.06 bits per heavy atom. The van der Waals surface area contributed by atoms with Gasteiger partial charge in [0.2, 0.25) is 0 Å². The van der Waals surface area contributed by atoms with Crippen molar-refractivity contribution in [1.82, 2.24) is 4.90 Å². The predicted molar refractivity (Wildman–Crippen MR) is 73.9 cm³/mol. The molecule has 0 bridgehead atoms. The van der Waals surface area contributed by atoms with Crippen LogP contribution in [0.4, 0.5) is 0 Å². The first kappa shape index (κ1) is 11.5. The number of fused-ring (bicyclic) bond motifs is 1. The fourth-order valence-corrected chi connectivity index (χ4v) is 3.50. The van der Waals surface area contributed by atoms with Gasteiger partial charge in [-0.25, -0.2) is 0 Å². The number of hydrogen-bond donors (Lipinski definition) is 0. The van der Waals surface area contributed by atoms with Gasteiger partial charge in [0.1, 0.15) is 0 Å². The third kappa shape index (κ3) is 1.85. The van der Waals surface area contributed by atoms with E-state index in [0.29, 0.717) is 0 Å². The van der Waals surface area contributed by atoms with Crippen LogP contribution in [0.2, 0.25) is 0 Å². The zero-order chi connectivity index (χ0) is 12.5. The molecule has 1 aromatic heterocycles. The number of carbonyl (C=O) groups excluding carboxylic acids is 1. The van der Waals surface area contributed by atoms with E-state index in [4.69, 9.17) is 0 Å². The molecule has 0 radical (unpaired) electrons. The normalized spacial score (nSPS) is 18.5. The summed E-state index contributed by atoms with van der Waals surface area (Å²) in [7, 11) is 0. The summed E-state index contributed by atoms with van der Waals surface area (Å²) in [4.78, 5) is 15.9. The van der Waals surface area contributed by atoms with Gasteiger partial charge in [0, 0.05) is 17.0 Å². The smallest absolute Gasteiger partial charge is 0.254 e. The van der Waals surface area contributed by atoms with Gasteiger partial charge < -0.3 is 4.90 Å². The lowest BCUT2D eigenvalue weighted by atomic mass is 10.0. The number of nitrogens with zero attached hydrogens (tertiary/aromatic N) is 1. The largest absolute Gasteiger partial charge is 0.331 e. The maximum absolute atomic E-state index is 12.5. The van der Waals surface area contributed by atoms with Gasteiger partial charge in [0.25, 0.3) is 5.91 Å². The third-order valence-electron chi connectivity index (χ3n) is 3.56. The number of benzene rings is 1. The maximum atomic E-state index is 12.5. The Morgan fingerprint density at radius 3 is 2.83 bits per heavy atom.